The van der Waals surface area contributed by atoms with E-state index in [0.29, 0.717) is 11.7 Å². The van der Waals surface area contributed by atoms with Crippen LogP contribution in [0.15, 0.2) is 18.2 Å². The summed E-state index contributed by atoms with van der Waals surface area (Å²) >= 11 is 0. The van der Waals surface area contributed by atoms with Crippen molar-refractivity contribution in [3.63, 3.8) is 0 Å². The minimum Gasteiger partial charge on any atom is -0.494 e. The molecule has 0 aromatic heterocycles. The minimum atomic E-state index is -0.282. The fourth-order valence-electron chi connectivity index (χ4n) is 2.16. The van der Waals surface area contributed by atoms with Gasteiger partial charge in [-0.05, 0) is 36.6 Å². The van der Waals surface area contributed by atoms with Crippen LogP contribution in [-0.4, -0.2) is 13.7 Å². The highest BCUT2D eigenvalue weighted by Gasteiger charge is 2.24. The van der Waals surface area contributed by atoms with E-state index in [4.69, 9.17) is 4.74 Å². The Morgan fingerprint density at radius 2 is 2.27 bits per heavy atom. The van der Waals surface area contributed by atoms with Crippen LogP contribution in [0.5, 0.6) is 5.75 Å². The quantitative estimate of drug-likeness (QED) is 0.808. The van der Waals surface area contributed by atoms with Crippen molar-refractivity contribution in [3.8, 4) is 5.75 Å². The Hall–Kier alpha value is -1.09. The average molecular weight is 209 g/mol. The van der Waals surface area contributed by atoms with E-state index in [1.54, 1.807) is 12.1 Å². The smallest absolute Gasteiger partial charge is 0.165 e. The van der Waals surface area contributed by atoms with Crippen molar-refractivity contribution in [2.24, 2.45) is 5.92 Å². The average Bonchev–Trinajstić information content (AvgIpc) is 2.64. The molecule has 0 aliphatic carbocycles. The first kappa shape index (κ1) is 10.4. The van der Waals surface area contributed by atoms with E-state index < -0.39 is 0 Å². The van der Waals surface area contributed by atoms with Crippen molar-refractivity contribution in [1.82, 2.24) is 5.32 Å². The third kappa shape index (κ3) is 1.97. The maximum atomic E-state index is 13.5. The van der Waals surface area contributed by atoms with Gasteiger partial charge >= 0.3 is 0 Å². The molecule has 15 heavy (non-hydrogen) atoms. The first-order valence-electron chi connectivity index (χ1n) is 5.29. The molecule has 0 unspecified atom stereocenters. The zero-order valence-corrected chi connectivity index (χ0v) is 9.09. The van der Waals surface area contributed by atoms with E-state index in [9.17, 15) is 4.39 Å². The van der Waals surface area contributed by atoms with Crippen LogP contribution in [-0.2, 0) is 0 Å². The van der Waals surface area contributed by atoms with Gasteiger partial charge in [-0.1, -0.05) is 13.0 Å². The van der Waals surface area contributed by atoms with E-state index in [2.05, 4.69) is 12.2 Å². The zero-order valence-electron chi connectivity index (χ0n) is 9.09. The lowest BCUT2D eigenvalue weighted by Gasteiger charge is -2.16. The second-order valence-electron chi connectivity index (χ2n) is 4.09. The maximum Gasteiger partial charge on any atom is 0.165 e. The lowest BCUT2D eigenvalue weighted by molar-refractivity contribution is 0.385. The van der Waals surface area contributed by atoms with E-state index in [1.165, 1.54) is 7.11 Å². The highest BCUT2D eigenvalue weighted by molar-refractivity contribution is 5.31. The van der Waals surface area contributed by atoms with Crippen LogP contribution in [0.4, 0.5) is 4.39 Å². The van der Waals surface area contributed by atoms with Crippen LogP contribution >= 0.6 is 0 Å². The maximum absolute atomic E-state index is 13.5. The molecule has 2 atom stereocenters. The summed E-state index contributed by atoms with van der Waals surface area (Å²) in [5.41, 5.74) is 1.01. The Morgan fingerprint density at radius 1 is 1.47 bits per heavy atom. The summed E-state index contributed by atoms with van der Waals surface area (Å²) in [6, 6.07) is 5.47. The number of nitrogens with one attached hydrogen (secondary N) is 1. The molecule has 0 radical (unpaired) electrons. The molecule has 0 amide bonds. The highest BCUT2D eigenvalue weighted by atomic mass is 19.1. The van der Waals surface area contributed by atoms with Gasteiger partial charge in [-0.25, -0.2) is 4.39 Å². The molecular weight excluding hydrogens is 193 g/mol. The molecule has 0 bridgehead atoms. The molecule has 1 aromatic rings. The monoisotopic (exact) mass is 209 g/mol. The Bertz CT molecular complexity index is 353. The predicted molar refractivity (Wildman–Crippen MR) is 57.5 cm³/mol. The molecule has 0 spiro atoms. The normalized spacial score (nSPS) is 25.5. The molecule has 1 heterocycles. The SMILES string of the molecule is COc1ccc([C@@H]2NCC[C@H]2C)cc1F. The summed E-state index contributed by atoms with van der Waals surface area (Å²) in [6.45, 7) is 3.20. The largest absolute Gasteiger partial charge is 0.494 e. The molecule has 1 aliphatic rings. The summed E-state index contributed by atoms with van der Waals surface area (Å²) in [5, 5.41) is 3.38. The van der Waals surface area contributed by atoms with Gasteiger partial charge in [-0.2, -0.15) is 0 Å². The van der Waals surface area contributed by atoms with Crippen molar-refractivity contribution in [2.75, 3.05) is 13.7 Å². The summed E-state index contributed by atoms with van der Waals surface area (Å²) in [5.74, 6) is 0.595. The second-order valence-corrected chi connectivity index (χ2v) is 4.09. The van der Waals surface area contributed by atoms with Crippen molar-refractivity contribution >= 4 is 0 Å². The Balaban J connectivity index is 2.25. The molecule has 1 fully saturated rings. The molecule has 82 valence electrons. The fraction of sp³-hybridized carbons (Fsp3) is 0.500. The highest BCUT2D eigenvalue weighted by Crippen LogP contribution is 2.31. The van der Waals surface area contributed by atoms with Crippen LogP contribution in [0.1, 0.15) is 24.9 Å². The topological polar surface area (TPSA) is 21.3 Å². The van der Waals surface area contributed by atoms with Crippen LogP contribution in [0.2, 0.25) is 0 Å². The predicted octanol–water partition coefficient (Wildman–Crippen LogP) is 2.50. The lowest BCUT2D eigenvalue weighted by atomic mass is 9.96. The Kier molecular flexibility index (Phi) is 2.91. The summed E-state index contributed by atoms with van der Waals surface area (Å²) < 4.78 is 18.4. The number of rotatable bonds is 2. The lowest BCUT2D eigenvalue weighted by Crippen LogP contribution is -2.16. The van der Waals surface area contributed by atoms with Gasteiger partial charge in [0.25, 0.3) is 0 Å². The second kappa shape index (κ2) is 4.19. The van der Waals surface area contributed by atoms with Gasteiger partial charge in [0.1, 0.15) is 0 Å². The van der Waals surface area contributed by atoms with E-state index in [1.807, 2.05) is 6.07 Å². The first-order chi connectivity index (χ1) is 7.22. The molecule has 2 nitrogen and oxygen atoms in total. The zero-order chi connectivity index (χ0) is 10.8. The number of ether oxygens (including phenoxy) is 1. The van der Waals surface area contributed by atoms with Crippen LogP contribution in [0.25, 0.3) is 0 Å². The van der Waals surface area contributed by atoms with Crippen molar-refractivity contribution in [3.05, 3.63) is 29.6 Å². The van der Waals surface area contributed by atoms with Crippen LogP contribution < -0.4 is 10.1 Å². The standard InChI is InChI=1S/C12H16FNO/c1-8-5-6-14-12(8)9-3-4-11(15-2)10(13)7-9/h3-4,7-8,12,14H,5-6H2,1-2H3/t8-,12-/m1/s1. The van der Waals surface area contributed by atoms with Gasteiger partial charge in [-0.15, -0.1) is 0 Å². The third-order valence-electron chi connectivity index (χ3n) is 3.07. The van der Waals surface area contributed by atoms with E-state index >= 15 is 0 Å². The van der Waals surface area contributed by atoms with Gasteiger partial charge in [-0.3, -0.25) is 0 Å². The number of hydrogen-bond acceptors (Lipinski definition) is 2. The van der Waals surface area contributed by atoms with Crippen molar-refractivity contribution in [1.29, 1.82) is 0 Å². The van der Waals surface area contributed by atoms with Crippen molar-refractivity contribution < 1.29 is 9.13 Å². The van der Waals surface area contributed by atoms with Crippen LogP contribution in [0, 0.1) is 11.7 Å². The third-order valence-corrected chi connectivity index (χ3v) is 3.07. The summed E-state index contributed by atoms with van der Waals surface area (Å²) in [4.78, 5) is 0. The van der Waals surface area contributed by atoms with E-state index in [-0.39, 0.29) is 11.9 Å². The van der Waals surface area contributed by atoms with Gasteiger partial charge in [0.15, 0.2) is 11.6 Å². The van der Waals surface area contributed by atoms with Crippen LogP contribution in [0.3, 0.4) is 0 Å². The first-order valence-corrected chi connectivity index (χ1v) is 5.29. The number of methoxy groups -OCH3 is 1. The summed E-state index contributed by atoms with van der Waals surface area (Å²) in [6.07, 6.45) is 1.15. The molecule has 1 N–H and O–H groups in total. The fourth-order valence-corrected chi connectivity index (χ4v) is 2.16. The number of benzene rings is 1. The molecule has 2 rings (SSSR count). The minimum absolute atomic E-state index is 0.282. The molecule has 3 heteroatoms. The molecule has 1 aliphatic heterocycles. The number of halogens is 1. The Morgan fingerprint density at radius 3 is 2.80 bits per heavy atom. The molecule has 1 aromatic carbocycles. The molecular formula is C12H16FNO. The Labute approximate surface area is 89.4 Å². The van der Waals surface area contributed by atoms with Gasteiger partial charge in [0.2, 0.25) is 0 Å². The number of hydrogen-bond donors (Lipinski definition) is 1. The van der Waals surface area contributed by atoms with Gasteiger partial charge in [0, 0.05) is 6.04 Å². The van der Waals surface area contributed by atoms with Gasteiger partial charge in [0.05, 0.1) is 7.11 Å². The summed E-state index contributed by atoms with van der Waals surface area (Å²) in [7, 11) is 1.48. The van der Waals surface area contributed by atoms with Gasteiger partial charge < -0.3 is 10.1 Å². The van der Waals surface area contributed by atoms with E-state index in [0.717, 1.165) is 18.5 Å². The molecule has 1 saturated heterocycles. The van der Waals surface area contributed by atoms with Crippen molar-refractivity contribution in [2.45, 2.75) is 19.4 Å². The molecule has 0 saturated carbocycles.